The largest absolute Gasteiger partial charge is 0.697 e. The quantitative estimate of drug-likeness (QED) is 0.0710. The monoisotopic (exact) mass is 717 g/mol. The van der Waals surface area contributed by atoms with Crippen molar-refractivity contribution in [2.75, 3.05) is 39.7 Å². The van der Waals surface area contributed by atoms with Crippen LogP contribution in [0.2, 0.25) is 0 Å². The Balaban J connectivity index is 1.23. The van der Waals surface area contributed by atoms with Gasteiger partial charge < -0.3 is 23.7 Å². The van der Waals surface area contributed by atoms with Crippen molar-refractivity contribution in [1.82, 2.24) is 15.5 Å². The van der Waals surface area contributed by atoms with E-state index in [1.165, 1.54) is 88.4 Å². The van der Waals surface area contributed by atoms with Gasteiger partial charge in [-0.25, -0.2) is 9.79 Å². The molecule has 0 bridgehead atoms. The van der Waals surface area contributed by atoms with Crippen LogP contribution in [0.3, 0.4) is 0 Å². The zero-order valence-electron chi connectivity index (χ0n) is 30.2. The molecule has 2 fully saturated rings. The van der Waals surface area contributed by atoms with Crippen molar-refractivity contribution in [3.63, 3.8) is 0 Å². The van der Waals surface area contributed by atoms with Gasteiger partial charge in [-0.3, -0.25) is 20.3 Å². The van der Waals surface area contributed by atoms with Crippen LogP contribution in [0.5, 0.6) is 0 Å². The first kappa shape index (κ1) is 41.6. The molecule has 0 aromatic rings. The Kier molecular flexibility index (Phi) is 20.8. The van der Waals surface area contributed by atoms with Gasteiger partial charge in [0.05, 0.1) is 0 Å². The molecule has 3 aliphatic rings. The second-order valence-electron chi connectivity index (χ2n) is 13.1. The minimum absolute atomic E-state index is 0.0690. The van der Waals surface area contributed by atoms with Crippen LogP contribution in [0, 0.1) is 5.92 Å². The van der Waals surface area contributed by atoms with E-state index in [1.54, 1.807) is 13.8 Å². The molecule has 0 radical (unpaired) electrons. The minimum atomic E-state index is -2.40. The van der Waals surface area contributed by atoms with Crippen LogP contribution in [0.15, 0.2) is 4.99 Å². The molecule has 0 aromatic carbocycles. The van der Waals surface area contributed by atoms with E-state index in [9.17, 15) is 14.2 Å². The number of nitrogens with zero attached hydrogens (tertiary/aromatic N) is 2. The Labute approximate surface area is 294 Å². The smallest absolute Gasteiger partial charge is 0.381 e. The maximum absolute atomic E-state index is 12.9. The normalized spacial score (nSPS) is 23.9. The van der Waals surface area contributed by atoms with Gasteiger partial charge in [0.2, 0.25) is 11.9 Å². The Morgan fingerprint density at radius 3 is 2.10 bits per heavy atom. The van der Waals surface area contributed by atoms with Crippen LogP contribution in [0.4, 0.5) is 4.79 Å². The molecule has 4 unspecified atom stereocenters. The molecule has 15 heteroatoms. The highest BCUT2D eigenvalue weighted by Crippen LogP contribution is 2.38. The van der Waals surface area contributed by atoms with Crippen molar-refractivity contribution >= 4 is 26.2 Å². The molecule has 2 saturated heterocycles. The third-order valence-electron chi connectivity index (χ3n) is 8.68. The van der Waals surface area contributed by atoms with Gasteiger partial charge in [0.1, 0.15) is 38.2 Å². The summed E-state index contributed by atoms with van der Waals surface area (Å²) >= 11 is 0. The van der Waals surface area contributed by atoms with E-state index in [0.717, 1.165) is 13.0 Å². The number of nitrogens with one attached hydrogen (secondary N) is 2. The highest BCUT2D eigenvalue weighted by Gasteiger charge is 2.57. The van der Waals surface area contributed by atoms with Gasteiger partial charge in [0.25, 0.3) is 6.48 Å². The Morgan fingerprint density at radius 1 is 0.878 bits per heavy atom. The number of hydrogen-bond donors (Lipinski definition) is 2. The Hall–Kier alpha value is -1.77. The molecule has 3 rings (SSSR count). The van der Waals surface area contributed by atoms with Crippen LogP contribution >= 0.6 is 8.25 Å². The summed E-state index contributed by atoms with van der Waals surface area (Å²) in [6, 6.07) is -0.524. The summed E-state index contributed by atoms with van der Waals surface area (Å²) in [4.78, 5) is 30.5. The van der Waals surface area contributed by atoms with E-state index in [4.69, 9.17) is 32.7 Å². The average molecular weight is 718 g/mol. The van der Waals surface area contributed by atoms with Crippen molar-refractivity contribution in [1.29, 1.82) is 0 Å². The lowest BCUT2D eigenvalue weighted by Gasteiger charge is -2.33. The summed E-state index contributed by atoms with van der Waals surface area (Å²) in [5, 5.41) is 5.15. The van der Waals surface area contributed by atoms with Crippen LogP contribution < -0.4 is 10.6 Å². The molecule has 6 atom stereocenters. The fourth-order valence-electron chi connectivity index (χ4n) is 5.83. The average Bonchev–Trinajstić information content (AvgIpc) is 3.64. The number of fused-ring (bicyclic) bond motifs is 1. The summed E-state index contributed by atoms with van der Waals surface area (Å²) in [7, 11) is -2.40. The standard InChI is InChI=1S/C34H61N4O10P/c1-5-7-8-9-10-11-12-13-14-15-16-17-18-19-21-42-22-20-23-44-49(41)45-24-27-28-29(48-34(47-28)43-6-2)31(46-27)38-25-35-32(37-33(38)40)36-30(39)26(3)4/h26-29,31,34H,5-25H2,1-4H3,(H-,35,36,37,39,40)/p+1/t27-,28?,29?,31-,34?/m1/s1. The predicted octanol–water partition coefficient (Wildman–Crippen LogP) is 6.50. The number of unbranched alkanes of at least 4 members (excludes halogenated alkanes) is 13. The lowest BCUT2D eigenvalue weighted by molar-refractivity contribution is -0.267. The van der Waals surface area contributed by atoms with Crippen LogP contribution in [0.25, 0.3) is 0 Å². The first-order chi connectivity index (χ1) is 23.8. The molecule has 0 saturated carbocycles. The topological polar surface area (TPSA) is 155 Å². The first-order valence-corrected chi connectivity index (χ1v) is 19.7. The molecule has 49 heavy (non-hydrogen) atoms. The molecule has 3 heterocycles. The summed E-state index contributed by atoms with van der Waals surface area (Å²) in [5.74, 6) is -0.470. The number of guanidine groups is 1. The van der Waals surface area contributed by atoms with Crippen LogP contribution in [0.1, 0.15) is 124 Å². The first-order valence-electron chi connectivity index (χ1n) is 18.7. The van der Waals surface area contributed by atoms with Gasteiger partial charge >= 0.3 is 14.3 Å². The summed E-state index contributed by atoms with van der Waals surface area (Å²) in [6.45, 7) is 8.27. The SMILES string of the molecule is CCCCCCCCCCCCCCCCOCCCO[P+](=O)OC[C@H]1O[C@@H](N2CN=C(NC(=O)C(C)C)NC2=O)C2OC(OCC)OC21. The molecule has 2 N–H and O–H groups in total. The molecular weight excluding hydrogens is 655 g/mol. The van der Waals surface area contributed by atoms with E-state index < -0.39 is 45.3 Å². The fraction of sp³-hybridized carbons (Fsp3) is 0.912. The van der Waals surface area contributed by atoms with Gasteiger partial charge in [0.15, 0.2) is 6.23 Å². The molecule has 3 amide bonds. The van der Waals surface area contributed by atoms with Gasteiger partial charge in [-0.1, -0.05) is 104 Å². The highest BCUT2D eigenvalue weighted by atomic mass is 31.1. The number of carbonyl (C=O) groups excluding carboxylic acids is 2. The lowest BCUT2D eigenvalue weighted by Crippen LogP contribution is -2.58. The molecule has 14 nitrogen and oxygen atoms in total. The minimum Gasteiger partial charge on any atom is -0.381 e. The summed E-state index contributed by atoms with van der Waals surface area (Å²) in [5.41, 5.74) is 0. The number of carbonyl (C=O) groups is 2. The van der Waals surface area contributed by atoms with Crippen molar-refractivity contribution in [3.8, 4) is 0 Å². The molecule has 282 valence electrons. The van der Waals surface area contributed by atoms with Gasteiger partial charge in [0, 0.05) is 30.3 Å². The lowest BCUT2D eigenvalue weighted by atomic mass is 10.0. The maximum Gasteiger partial charge on any atom is 0.697 e. The second-order valence-corrected chi connectivity index (χ2v) is 14.1. The Bertz CT molecular complexity index is 1010. The number of aliphatic imine (C=N–C) groups is 1. The Morgan fingerprint density at radius 2 is 1.49 bits per heavy atom. The number of amides is 3. The van der Waals surface area contributed by atoms with Crippen molar-refractivity contribution in [3.05, 3.63) is 0 Å². The van der Waals surface area contributed by atoms with Gasteiger partial charge in [-0.15, -0.1) is 9.05 Å². The van der Waals surface area contributed by atoms with Crippen molar-refractivity contribution in [2.45, 2.75) is 155 Å². The second kappa shape index (κ2) is 24.4. The van der Waals surface area contributed by atoms with Crippen LogP contribution in [-0.4, -0.2) is 93.5 Å². The number of hydrogen-bond acceptors (Lipinski definition) is 11. The third-order valence-corrected chi connectivity index (χ3v) is 9.43. The number of urea groups is 1. The molecule has 0 aromatic heterocycles. The fourth-order valence-corrected chi connectivity index (χ4v) is 6.45. The van der Waals surface area contributed by atoms with Crippen molar-refractivity contribution < 1.29 is 46.9 Å². The van der Waals surface area contributed by atoms with E-state index in [0.29, 0.717) is 19.6 Å². The predicted molar refractivity (Wildman–Crippen MR) is 185 cm³/mol. The van der Waals surface area contributed by atoms with E-state index >= 15 is 0 Å². The van der Waals surface area contributed by atoms with E-state index in [1.807, 2.05) is 6.92 Å². The molecule has 0 aliphatic carbocycles. The van der Waals surface area contributed by atoms with Gasteiger partial charge in [-0.05, 0) is 19.8 Å². The van der Waals surface area contributed by atoms with E-state index in [-0.39, 0.29) is 37.7 Å². The summed E-state index contributed by atoms with van der Waals surface area (Å²) < 4.78 is 52.3. The molecular formula is C34H62N4O10P+. The molecule has 3 aliphatic heterocycles. The maximum atomic E-state index is 12.9. The third kappa shape index (κ3) is 15.6. The zero-order chi connectivity index (χ0) is 35.3. The van der Waals surface area contributed by atoms with E-state index in [2.05, 4.69) is 22.5 Å². The molecule has 0 spiro atoms. The number of rotatable bonds is 27. The van der Waals surface area contributed by atoms with Crippen LogP contribution in [-0.2, 0) is 42.1 Å². The summed E-state index contributed by atoms with van der Waals surface area (Å²) in [6.07, 6.45) is 16.2. The number of ether oxygens (including phenoxy) is 5. The zero-order valence-corrected chi connectivity index (χ0v) is 31.1. The highest BCUT2D eigenvalue weighted by molar-refractivity contribution is 7.33. The van der Waals surface area contributed by atoms with Crippen molar-refractivity contribution in [2.24, 2.45) is 10.9 Å². The van der Waals surface area contributed by atoms with Gasteiger partial charge in [-0.2, -0.15) is 0 Å².